The van der Waals surface area contributed by atoms with Crippen LogP contribution in [0.5, 0.6) is 0 Å². The Morgan fingerprint density at radius 1 is 1.04 bits per heavy atom. The maximum absolute atomic E-state index is 12.3. The van der Waals surface area contributed by atoms with Gasteiger partial charge in [-0.2, -0.15) is 4.80 Å². The monoisotopic (exact) mass is 306 g/mol. The van der Waals surface area contributed by atoms with Crippen LogP contribution in [-0.2, 0) is 13.0 Å². The highest BCUT2D eigenvalue weighted by molar-refractivity contribution is 5.95. The molecule has 0 N–H and O–H groups in total. The summed E-state index contributed by atoms with van der Waals surface area (Å²) in [5.41, 5.74) is 2.80. The SMILES string of the molecule is CCCc1ccc(C(=O)Cn2nnc(-c3ccccc3)n2)cc1. The zero-order valence-electron chi connectivity index (χ0n) is 13.0. The average molecular weight is 306 g/mol. The van der Waals surface area contributed by atoms with Gasteiger partial charge in [0.1, 0.15) is 6.54 Å². The largest absolute Gasteiger partial charge is 0.292 e. The van der Waals surface area contributed by atoms with Crippen molar-refractivity contribution in [1.82, 2.24) is 20.2 Å². The van der Waals surface area contributed by atoms with Crippen molar-refractivity contribution in [2.75, 3.05) is 0 Å². The van der Waals surface area contributed by atoms with Crippen molar-refractivity contribution in [3.8, 4) is 11.4 Å². The number of benzene rings is 2. The lowest BCUT2D eigenvalue weighted by atomic mass is 10.1. The highest BCUT2D eigenvalue weighted by Gasteiger charge is 2.11. The van der Waals surface area contributed by atoms with E-state index in [4.69, 9.17) is 0 Å². The zero-order valence-corrected chi connectivity index (χ0v) is 13.0. The topological polar surface area (TPSA) is 60.7 Å². The predicted molar refractivity (Wildman–Crippen MR) is 88.0 cm³/mol. The van der Waals surface area contributed by atoms with Gasteiger partial charge in [0.25, 0.3) is 0 Å². The Morgan fingerprint density at radius 2 is 1.78 bits per heavy atom. The third-order valence-corrected chi connectivity index (χ3v) is 3.58. The summed E-state index contributed by atoms with van der Waals surface area (Å²) in [5, 5.41) is 12.2. The second-order valence-electron chi connectivity index (χ2n) is 5.38. The summed E-state index contributed by atoms with van der Waals surface area (Å²) in [4.78, 5) is 13.6. The molecule has 1 aromatic heterocycles. The smallest absolute Gasteiger partial charge is 0.204 e. The van der Waals surface area contributed by atoms with Crippen molar-refractivity contribution < 1.29 is 4.79 Å². The Labute approximate surface area is 135 Å². The normalized spacial score (nSPS) is 10.7. The van der Waals surface area contributed by atoms with Crippen molar-refractivity contribution in [3.05, 3.63) is 65.7 Å². The highest BCUT2D eigenvalue weighted by Crippen LogP contribution is 2.12. The Morgan fingerprint density at radius 3 is 2.48 bits per heavy atom. The Kier molecular flexibility index (Phi) is 4.57. The summed E-state index contributed by atoms with van der Waals surface area (Å²) in [6, 6.07) is 17.3. The summed E-state index contributed by atoms with van der Waals surface area (Å²) in [5.74, 6) is 0.502. The van der Waals surface area contributed by atoms with Gasteiger partial charge in [0.2, 0.25) is 5.82 Å². The number of aryl methyl sites for hydroxylation is 1. The molecule has 3 rings (SSSR count). The molecule has 5 heteroatoms. The minimum Gasteiger partial charge on any atom is -0.292 e. The molecule has 0 atom stereocenters. The van der Waals surface area contributed by atoms with Gasteiger partial charge in [-0.1, -0.05) is 67.9 Å². The minimum absolute atomic E-state index is 0.0231. The van der Waals surface area contributed by atoms with E-state index < -0.39 is 0 Å². The summed E-state index contributed by atoms with van der Waals surface area (Å²) < 4.78 is 0. The lowest BCUT2D eigenvalue weighted by Gasteiger charge is -2.02. The Bertz CT molecular complexity index is 778. The van der Waals surface area contributed by atoms with Crippen LogP contribution in [0.4, 0.5) is 0 Å². The van der Waals surface area contributed by atoms with Gasteiger partial charge in [-0.15, -0.1) is 10.2 Å². The van der Waals surface area contributed by atoms with E-state index in [1.54, 1.807) is 0 Å². The lowest BCUT2D eigenvalue weighted by Crippen LogP contribution is -2.13. The van der Waals surface area contributed by atoms with Gasteiger partial charge in [-0.05, 0) is 17.2 Å². The number of rotatable bonds is 6. The fraction of sp³-hybridized carbons (Fsp3) is 0.222. The summed E-state index contributed by atoms with van der Waals surface area (Å²) in [6.45, 7) is 2.23. The Balaban J connectivity index is 1.69. The maximum atomic E-state index is 12.3. The molecule has 2 aromatic carbocycles. The molecule has 0 unspecified atom stereocenters. The number of carbonyl (C=O) groups is 1. The van der Waals surface area contributed by atoms with Crippen molar-refractivity contribution in [3.63, 3.8) is 0 Å². The number of tetrazole rings is 1. The van der Waals surface area contributed by atoms with Gasteiger partial charge in [-0.3, -0.25) is 4.79 Å². The second-order valence-corrected chi connectivity index (χ2v) is 5.38. The molecule has 0 radical (unpaired) electrons. The van der Waals surface area contributed by atoms with Gasteiger partial charge < -0.3 is 0 Å². The molecule has 0 aliphatic rings. The molecule has 0 fully saturated rings. The number of hydrogen-bond donors (Lipinski definition) is 0. The van der Waals surface area contributed by atoms with E-state index in [1.807, 2.05) is 54.6 Å². The van der Waals surface area contributed by atoms with E-state index in [-0.39, 0.29) is 12.3 Å². The fourth-order valence-electron chi connectivity index (χ4n) is 2.38. The first-order valence-corrected chi connectivity index (χ1v) is 7.71. The number of hydrogen-bond acceptors (Lipinski definition) is 4. The highest BCUT2D eigenvalue weighted by atomic mass is 16.1. The van der Waals surface area contributed by atoms with E-state index in [2.05, 4.69) is 22.3 Å². The number of aromatic nitrogens is 4. The summed E-state index contributed by atoms with van der Waals surface area (Å²) in [6.07, 6.45) is 2.12. The van der Waals surface area contributed by atoms with Crippen LogP contribution in [0.3, 0.4) is 0 Å². The summed E-state index contributed by atoms with van der Waals surface area (Å²) >= 11 is 0. The number of carbonyl (C=O) groups excluding carboxylic acids is 1. The molecule has 0 amide bonds. The van der Waals surface area contributed by atoms with Crippen molar-refractivity contribution in [2.45, 2.75) is 26.3 Å². The first-order valence-electron chi connectivity index (χ1n) is 7.71. The van der Waals surface area contributed by atoms with E-state index in [0.29, 0.717) is 11.4 Å². The summed E-state index contributed by atoms with van der Waals surface area (Å²) in [7, 11) is 0. The standard InChI is InChI=1S/C18H18N4O/c1-2-6-14-9-11-15(12-10-14)17(23)13-22-20-18(19-21-22)16-7-4-3-5-8-16/h3-5,7-12H,2,6,13H2,1H3. The van der Waals surface area contributed by atoms with Gasteiger partial charge in [0.05, 0.1) is 0 Å². The average Bonchev–Trinajstić information content (AvgIpc) is 3.05. The van der Waals surface area contributed by atoms with Gasteiger partial charge in [0.15, 0.2) is 5.78 Å². The molecule has 0 aliphatic carbocycles. The molecular formula is C18H18N4O. The van der Waals surface area contributed by atoms with Crippen LogP contribution in [0.15, 0.2) is 54.6 Å². The molecule has 0 spiro atoms. The second kappa shape index (κ2) is 6.96. The first-order chi connectivity index (χ1) is 11.3. The molecule has 0 saturated heterocycles. The van der Waals surface area contributed by atoms with Crippen LogP contribution in [0.1, 0.15) is 29.3 Å². The van der Waals surface area contributed by atoms with Crippen LogP contribution in [0.2, 0.25) is 0 Å². The quantitative estimate of drug-likeness (QED) is 0.656. The molecule has 23 heavy (non-hydrogen) atoms. The molecule has 116 valence electrons. The number of ketones is 1. The molecule has 3 aromatic rings. The third-order valence-electron chi connectivity index (χ3n) is 3.58. The molecule has 0 aliphatic heterocycles. The molecular weight excluding hydrogens is 288 g/mol. The Hall–Kier alpha value is -2.82. The van der Waals surface area contributed by atoms with Gasteiger partial charge in [0, 0.05) is 11.1 Å². The van der Waals surface area contributed by atoms with E-state index in [1.165, 1.54) is 10.4 Å². The third kappa shape index (κ3) is 3.69. The zero-order chi connectivity index (χ0) is 16.1. The first kappa shape index (κ1) is 15.1. The van der Waals surface area contributed by atoms with E-state index in [9.17, 15) is 4.79 Å². The molecule has 0 saturated carbocycles. The number of nitrogens with zero attached hydrogens (tertiary/aromatic N) is 4. The molecule has 0 bridgehead atoms. The minimum atomic E-state index is -0.0231. The van der Waals surface area contributed by atoms with Crippen LogP contribution in [0.25, 0.3) is 11.4 Å². The molecule has 5 nitrogen and oxygen atoms in total. The molecule has 1 heterocycles. The van der Waals surface area contributed by atoms with Crippen LogP contribution >= 0.6 is 0 Å². The fourth-order valence-corrected chi connectivity index (χ4v) is 2.38. The van der Waals surface area contributed by atoms with Crippen molar-refractivity contribution in [1.29, 1.82) is 0 Å². The predicted octanol–water partition coefficient (Wildman–Crippen LogP) is 3.18. The van der Waals surface area contributed by atoms with Crippen LogP contribution in [-0.4, -0.2) is 26.0 Å². The van der Waals surface area contributed by atoms with Crippen LogP contribution in [0, 0.1) is 0 Å². The van der Waals surface area contributed by atoms with Crippen LogP contribution < -0.4 is 0 Å². The van der Waals surface area contributed by atoms with Gasteiger partial charge in [-0.25, -0.2) is 0 Å². The maximum Gasteiger partial charge on any atom is 0.204 e. The van der Waals surface area contributed by atoms with Gasteiger partial charge >= 0.3 is 0 Å². The van der Waals surface area contributed by atoms with E-state index in [0.717, 1.165) is 18.4 Å². The lowest BCUT2D eigenvalue weighted by molar-refractivity contribution is 0.0961. The van der Waals surface area contributed by atoms with Crippen molar-refractivity contribution >= 4 is 5.78 Å². The number of Topliss-reactive ketones (excluding diaryl/α,β-unsaturated/α-hetero) is 1. The van der Waals surface area contributed by atoms with Crippen molar-refractivity contribution in [2.24, 2.45) is 0 Å². The van der Waals surface area contributed by atoms with E-state index >= 15 is 0 Å².